The number of rotatable bonds is 3. The van der Waals surface area contributed by atoms with Crippen LogP contribution in [-0.2, 0) is 11.2 Å². The van der Waals surface area contributed by atoms with Gasteiger partial charge in [-0.3, -0.25) is 4.79 Å². The van der Waals surface area contributed by atoms with E-state index in [9.17, 15) is 15.2 Å². The molecular formula is C18H22N2O2. The number of hydrogen-bond acceptors (Lipinski definition) is 3. The highest BCUT2D eigenvalue weighted by molar-refractivity contribution is 5.86. The molecule has 0 spiro atoms. The minimum absolute atomic E-state index is 0.0648. The summed E-state index contributed by atoms with van der Waals surface area (Å²) < 4.78 is 0. The van der Waals surface area contributed by atoms with E-state index in [0.29, 0.717) is 32.2 Å². The van der Waals surface area contributed by atoms with Crippen LogP contribution in [0.3, 0.4) is 0 Å². The molecule has 1 heterocycles. The Hall–Kier alpha value is -1.86. The maximum Gasteiger partial charge on any atom is 0.243 e. The van der Waals surface area contributed by atoms with Crippen LogP contribution in [0.1, 0.15) is 37.7 Å². The van der Waals surface area contributed by atoms with Crippen LogP contribution in [0.2, 0.25) is 0 Å². The topological polar surface area (TPSA) is 64.3 Å². The molecule has 1 N–H and O–H groups in total. The molecule has 2 atom stereocenters. The number of carbonyl (C=O) groups is 1. The molecular weight excluding hydrogens is 276 g/mol. The van der Waals surface area contributed by atoms with E-state index in [-0.39, 0.29) is 11.9 Å². The van der Waals surface area contributed by atoms with Gasteiger partial charge in [0.2, 0.25) is 5.91 Å². The molecule has 3 rings (SSSR count). The third-order valence-corrected chi connectivity index (χ3v) is 5.14. The van der Waals surface area contributed by atoms with E-state index in [1.54, 1.807) is 4.90 Å². The lowest BCUT2D eigenvalue weighted by atomic mass is 9.86. The Bertz CT molecular complexity index is 572. The highest BCUT2D eigenvalue weighted by Gasteiger charge is 2.48. The fourth-order valence-corrected chi connectivity index (χ4v) is 3.82. The molecule has 1 aromatic rings. The maximum atomic E-state index is 12.9. The molecule has 0 aromatic heterocycles. The summed E-state index contributed by atoms with van der Waals surface area (Å²) in [4.78, 5) is 14.7. The van der Waals surface area contributed by atoms with Gasteiger partial charge in [0.1, 0.15) is 5.41 Å². The number of benzene rings is 1. The lowest BCUT2D eigenvalue weighted by Crippen LogP contribution is -2.47. The first kappa shape index (κ1) is 15.1. The van der Waals surface area contributed by atoms with E-state index in [4.69, 9.17) is 0 Å². The van der Waals surface area contributed by atoms with Crippen molar-refractivity contribution < 1.29 is 9.90 Å². The Morgan fingerprint density at radius 2 is 2.00 bits per heavy atom. The number of aliphatic hydroxyl groups excluding tert-OH is 1. The molecule has 1 aliphatic carbocycles. The van der Waals surface area contributed by atoms with Gasteiger partial charge < -0.3 is 10.0 Å². The molecule has 4 heteroatoms. The molecule has 4 nitrogen and oxygen atoms in total. The van der Waals surface area contributed by atoms with Crippen molar-refractivity contribution in [1.29, 1.82) is 5.26 Å². The number of hydrogen-bond donors (Lipinski definition) is 1. The average Bonchev–Trinajstić information content (AvgIpc) is 3.17. The van der Waals surface area contributed by atoms with Crippen LogP contribution in [0.4, 0.5) is 0 Å². The molecule has 116 valence electrons. The Morgan fingerprint density at radius 1 is 1.32 bits per heavy atom. The summed E-state index contributed by atoms with van der Waals surface area (Å²) in [5, 5.41) is 19.8. The SMILES string of the molecule is N#CC1(C(=O)N2CC[C@H](O)[C@@H]2Cc2ccccc2)CCCC1. The Balaban J connectivity index is 1.80. The quantitative estimate of drug-likeness (QED) is 0.931. The summed E-state index contributed by atoms with van der Waals surface area (Å²) in [7, 11) is 0. The second kappa shape index (κ2) is 6.10. The predicted molar refractivity (Wildman–Crippen MR) is 82.8 cm³/mol. The molecule has 1 saturated heterocycles. The van der Waals surface area contributed by atoms with Crippen molar-refractivity contribution in [2.45, 2.75) is 50.7 Å². The first-order valence-electron chi connectivity index (χ1n) is 8.11. The Kier molecular flexibility index (Phi) is 4.17. The van der Waals surface area contributed by atoms with Gasteiger partial charge in [-0.15, -0.1) is 0 Å². The second-order valence-corrected chi connectivity index (χ2v) is 6.51. The monoisotopic (exact) mass is 298 g/mol. The molecule has 1 aromatic carbocycles. The molecule has 2 fully saturated rings. The Morgan fingerprint density at radius 3 is 2.64 bits per heavy atom. The van der Waals surface area contributed by atoms with Gasteiger partial charge in [0.25, 0.3) is 0 Å². The van der Waals surface area contributed by atoms with Crippen molar-refractivity contribution >= 4 is 5.91 Å². The van der Waals surface area contributed by atoms with Crippen LogP contribution in [0, 0.1) is 16.7 Å². The molecule has 1 aliphatic heterocycles. The number of nitriles is 1. The molecule has 1 saturated carbocycles. The zero-order valence-corrected chi connectivity index (χ0v) is 12.7. The zero-order valence-electron chi connectivity index (χ0n) is 12.7. The van der Waals surface area contributed by atoms with Gasteiger partial charge in [0.15, 0.2) is 0 Å². The molecule has 22 heavy (non-hydrogen) atoms. The van der Waals surface area contributed by atoms with E-state index >= 15 is 0 Å². The van der Waals surface area contributed by atoms with Crippen molar-refractivity contribution in [2.75, 3.05) is 6.54 Å². The van der Waals surface area contributed by atoms with Crippen LogP contribution >= 0.6 is 0 Å². The highest BCUT2D eigenvalue weighted by Crippen LogP contribution is 2.40. The molecule has 1 amide bonds. The molecule has 0 bridgehead atoms. The van der Waals surface area contributed by atoms with Gasteiger partial charge in [-0.05, 0) is 31.2 Å². The van der Waals surface area contributed by atoms with Crippen molar-refractivity contribution in [3.05, 3.63) is 35.9 Å². The first-order chi connectivity index (χ1) is 10.7. The number of carbonyl (C=O) groups excluding carboxylic acids is 1. The van der Waals surface area contributed by atoms with Crippen molar-refractivity contribution in [3.8, 4) is 6.07 Å². The van der Waals surface area contributed by atoms with E-state index < -0.39 is 11.5 Å². The summed E-state index contributed by atoms with van der Waals surface area (Å²) in [5.41, 5.74) is 0.266. The highest BCUT2D eigenvalue weighted by atomic mass is 16.3. The fraction of sp³-hybridized carbons (Fsp3) is 0.556. The van der Waals surface area contributed by atoms with Crippen LogP contribution in [-0.4, -0.2) is 34.6 Å². The third-order valence-electron chi connectivity index (χ3n) is 5.14. The summed E-state index contributed by atoms with van der Waals surface area (Å²) in [6.07, 6.45) is 3.96. The van der Waals surface area contributed by atoms with E-state index in [2.05, 4.69) is 6.07 Å². The minimum Gasteiger partial charge on any atom is -0.391 e. The predicted octanol–water partition coefficient (Wildman–Crippen LogP) is 2.27. The lowest BCUT2D eigenvalue weighted by Gasteiger charge is -2.32. The van der Waals surface area contributed by atoms with Gasteiger partial charge in [-0.2, -0.15) is 5.26 Å². The second-order valence-electron chi connectivity index (χ2n) is 6.51. The van der Waals surface area contributed by atoms with E-state index in [1.807, 2.05) is 30.3 Å². The number of likely N-dealkylation sites (tertiary alicyclic amines) is 1. The summed E-state index contributed by atoms with van der Waals surface area (Å²) in [6.45, 7) is 0.556. The van der Waals surface area contributed by atoms with Gasteiger partial charge in [-0.25, -0.2) is 0 Å². The summed E-state index contributed by atoms with van der Waals surface area (Å²) in [6, 6.07) is 12.0. The van der Waals surface area contributed by atoms with Crippen molar-refractivity contribution in [2.24, 2.45) is 5.41 Å². The van der Waals surface area contributed by atoms with Gasteiger partial charge >= 0.3 is 0 Å². The van der Waals surface area contributed by atoms with Crippen molar-refractivity contribution in [1.82, 2.24) is 4.90 Å². The van der Waals surface area contributed by atoms with Gasteiger partial charge in [0.05, 0.1) is 18.2 Å². The van der Waals surface area contributed by atoms with Crippen LogP contribution in [0.25, 0.3) is 0 Å². The largest absolute Gasteiger partial charge is 0.391 e. The minimum atomic E-state index is -0.848. The van der Waals surface area contributed by atoms with E-state index in [1.165, 1.54) is 0 Å². The van der Waals surface area contributed by atoms with Crippen LogP contribution in [0.15, 0.2) is 30.3 Å². The number of aliphatic hydroxyl groups is 1. The standard InChI is InChI=1S/C18H22N2O2/c19-13-18(9-4-5-10-18)17(22)20-11-8-16(21)15(20)12-14-6-2-1-3-7-14/h1-3,6-7,15-16,21H,4-5,8-12H2/t15-,16-/m0/s1. The zero-order chi connectivity index (χ0) is 15.6. The average molecular weight is 298 g/mol. The van der Waals surface area contributed by atoms with Crippen LogP contribution in [0.5, 0.6) is 0 Å². The van der Waals surface area contributed by atoms with Gasteiger partial charge in [-0.1, -0.05) is 43.2 Å². The van der Waals surface area contributed by atoms with Gasteiger partial charge in [0, 0.05) is 6.54 Å². The third kappa shape index (κ3) is 2.62. The maximum absolute atomic E-state index is 12.9. The van der Waals surface area contributed by atoms with E-state index in [0.717, 1.165) is 18.4 Å². The van der Waals surface area contributed by atoms with Crippen molar-refractivity contribution in [3.63, 3.8) is 0 Å². The molecule has 2 aliphatic rings. The Labute approximate surface area is 131 Å². The summed E-state index contributed by atoms with van der Waals surface area (Å²) in [5.74, 6) is -0.0648. The van der Waals surface area contributed by atoms with Crippen LogP contribution < -0.4 is 0 Å². The molecule has 0 unspecified atom stereocenters. The summed E-state index contributed by atoms with van der Waals surface area (Å²) >= 11 is 0. The molecule has 0 radical (unpaired) electrons. The normalized spacial score (nSPS) is 26.8. The fourth-order valence-electron chi connectivity index (χ4n) is 3.82. The first-order valence-corrected chi connectivity index (χ1v) is 8.11. The number of nitrogens with zero attached hydrogens (tertiary/aromatic N) is 2. The smallest absolute Gasteiger partial charge is 0.243 e. The number of amides is 1. The lowest BCUT2D eigenvalue weighted by molar-refractivity contribution is -0.140.